The molecular formula is C27H19IN2O2S. The molecule has 6 heteroatoms. The van der Waals surface area contributed by atoms with Crippen LogP contribution in [0.15, 0.2) is 113 Å². The van der Waals surface area contributed by atoms with Crippen LogP contribution in [0.25, 0.3) is 21.5 Å². The molecule has 5 aromatic rings. The summed E-state index contributed by atoms with van der Waals surface area (Å²) in [6, 6.07) is 32.4. The first-order chi connectivity index (χ1) is 16.0. The lowest BCUT2D eigenvalue weighted by molar-refractivity contribution is 0.601. The number of anilines is 1. The van der Waals surface area contributed by atoms with Gasteiger partial charge in [0.1, 0.15) is 0 Å². The van der Waals surface area contributed by atoms with Crippen LogP contribution in [0.2, 0.25) is 0 Å². The van der Waals surface area contributed by atoms with Crippen molar-refractivity contribution in [2.75, 3.05) is 4.72 Å². The molecule has 0 heterocycles. The summed E-state index contributed by atoms with van der Waals surface area (Å²) in [6.45, 7) is 0. The van der Waals surface area contributed by atoms with Gasteiger partial charge < -0.3 is 0 Å². The fourth-order valence-corrected chi connectivity index (χ4v) is 5.19. The van der Waals surface area contributed by atoms with Gasteiger partial charge in [-0.3, -0.25) is 9.71 Å². The standard InChI is InChI=1S/C27H19IN2O2S/c28-21-9-11-23(12-10-21)30-33(31,32)24-15-13-22(14-16-24)29-18-27-25-7-3-1-5-19(25)17-20-6-2-4-8-26(20)27/h1-18,30H. The molecule has 162 valence electrons. The molecule has 0 amide bonds. The Balaban J connectivity index is 1.45. The molecule has 0 unspecified atom stereocenters. The molecule has 0 aromatic heterocycles. The first kappa shape index (κ1) is 21.6. The quantitative estimate of drug-likeness (QED) is 0.141. The second kappa shape index (κ2) is 8.96. The van der Waals surface area contributed by atoms with Crippen molar-refractivity contribution in [2.45, 2.75) is 4.90 Å². The molecule has 33 heavy (non-hydrogen) atoms. The van der Waals surface area contributed by atoms with Crippen molar-refractivity contribution >= 4 is 71.7 Å². The van der Waals surface area contributed by atoms with Crippen molar-refractivity contribution in [1.82, 2.24) is 0 Å². The van der Waals surface area contributed by atoms with Gasteiger partial charge in [-0.05, 0) is 98.7 Å². The normalized spacial score (nSPS) is 11.9. The second-order valence-electron chi connectivity index (χ2n) is 7.60. The molecular weight excluding hydrogens is 543 g/mol. The van der Waals surface area contributed by atoms with E-state index in [9.17, 15) is 8.42 Å². The summed E-state index contributed by atoms with van der Waals surface area (Å²) in [5.74, 6) is 0. The number of sulfonamides is 1. The summed E-state index contributed by atoms with van der Waals surface area (Å²) in [7, 11) is -3.67. The van der Waals surface area contributed by atoms with E-state index >= 15 is 0 Å². The maximum absolute atomic E-state index is 12.7. The summed E-state index contributed by atoms with van der Waals surface area (Å²) in [5.41, 5.74) is 2.25. The van der Waals surface area contributed by atoms with Crippen molar-refractivity contribution in [3.8, 4) is 0 Å². The molecule has 0 bridgehead atoms. The highest BCUT2D eigenvalue weighted by Gasteiger charge is 2.14. The largest absolute Gasteiger partial charge is 0.280 e. The maximum Gasteiger partial charge on any atom is 0.261 e. The summed E-state index contributed by atoms with van der Waals surface area (Å²) in [6.07, 6.45) is 1.86. The topological polar surface area (TPSA) is 58.5 Å². The van der Waals surface area contributed by atoms with Gasteiger partial charge in [0.15, 0.2) is 0 Å². The van der Waals surface area contributed by atoms with Crippen LogP contribution in [0.3, 0.4) is 0 Å². The Morgan fingerprint density at radius 1 is 0.727 bits per heavy atom. The summed E-state index contributed by atoms with van der Waals surface area (Å²) in [4.78, 5) is 4.84. The van der Waals surface area contributed by atoms with Crippen LogP contribution in [0, 0.1) is 3.57 Å². The summed E-state index contributed by atoms with van der Waals surface area (Å²) in [5, 5.41) is 4.56. The zero-order valence-corrected chi connectivity index (χ0v) is 20.4. The van der Waals surface area contributed by atoms with Crippen LogP contribution in [-0.2, 0) is 10.0 Å². The van der Waals surface area contributed by atoms with Crippen LogP contribution in [0.5, 0.6) is 0 Å². The zero-order chi connectivity index (χ0) is 22.8. The Morgan fingerprint density at radius 3 is 1.91 bits per heavy atom. The Bertz CT molecular complexity index is 1540. The minimum atomic E-state index is -3.67. The predicted molar refractivity (Wildman–Crippen MR) is 145 cm³/mol. The number of fused-ring (bicyclic) bond motifs is 2. The number of nitrogens with one attached hydrogen (secondary N) is 1. The highest BCUT2D eigenvalue weighted by Crippen LogP contribution is 2.28. The Labute approximate surface area is 206 Å². The van der Waals surface area contributed by atoms with E-state index in [4.69, 9.17) is 0 Å². The fraction of sp³-hybridized carbons (Fsp3) is 0. The Kier molecular flexibility index (Phi) is 5.86. The van der Waals surface area contributed by atoms with E-state index < -0.39 is 10.0 Å². The molecule has 0 aliphatic carbocycles. The highest BCUT2D eigenvalue weighted by molar-refractivity contribution is 14.1. The third kappa shape index (κ3) is 4.62. The van der Waals surface area contributed by atoms with Gasteiger partial charge in [0.2, 0.25) is 0 Å². The molecule has 0 saturated carbocycles. The highest BCUT2D eigenvalue weighted by atomic mass is 127. The van der Waals surface area contributed by atoms with Gasteiger partial charge >= 0.3 is 0 Å². The van der Waals surface area contributed by atoms with Crippen molar-refractivity contribution in [3.05, 3.63) is 112 Å². The van der Waals surface area contributed by atoms with Gasteiger partial charge in [-0.1, -0.05) is 48.5 Å². The predicted octanol–water partition coefficient (Wildman–Crippen LogP) is 7.15. The van der Waals surface area contributed by atoms with Crippen LogP contribution < -0.4 is 4.72 Å². The second-order valence-corrected chi connectivity index (χ2v) is 10.5. The van der Waals surface area contributed by atoms with E-state index in [-0.39, 0.29) is 4.90 Å². The molecule has 0 aliphatic rings. The number of hydrogen-bond acceptors (Lipinski definition) is 3. The molecule has 0 atom stereocenters. The molecule has 4 nitrogen and oxygen atoms in total. The van der Waals surface area contributed by atoms with Gasteiger partial charge in [-0.25, -0.2) is 8.42 Å². The molecule has 0 saturated heterocycles. The van der Waals surface area contributed by atoms with E-state index in [0.29, 0.717) is 11.4 Å². The number of aliphatic imine (C=N–C) groups is 1. The van der Waals surface area contributed by atoms with E-state index in [1.165, 1.54) is 0 Å². The average Bonchev–Trinajstić information content (AvgIpc) is 2.83. The molecule has 5 rings (SSSR count). The van der Waals surface area contributed by atoms with E-state index in [0.717, 1.165) is 30.7 Å². The van der Waals surface area contributed by atoms with Gasteiger partial charge in [-0.2, -0.15) is 0 Å². The van der Waals surface area contributed by atoms with Crippen LogP contribution in [0.1, 0.15) is 5.56 Å². The first-order valence-electron chi connectivity index (χ1n) is 10.3. The summed E-state index contributed by atoms with van der Waals surface area (Å²) >= 11 is 2.18. The maximum atomic E-state index is 12.7. The lowest BCUT2D eigenvalue weighted by Crippen LogP contribution is -2.12. The van der Waals surface area contributed by atoms with Crippen LogP contribution >= 0.6 is 22.6 Å². The number of halogens is 1. The SMILES string of the molecule is O=S(=O)(Nc1ccc(I)cc1)c1ccc(N=Cc2c3ccccc3cc3ccccc23)cc1. The van der Waals surface area contributed by atoms with Crippen LogP contribution in [0.4, 0.5) is 11.4 Å². The van der Waals surface area contributed by atoms with Gasteiger partial charge in [-0.15, -0.1) is 0 Å². The van der Waals surface area contributed by atoms with Gasteiger partial charge in [0.25, 0.3) is 10.0 Å². The molecule has 0 spiro atoms. The van der Waals surface area contributed by atoms with Crippen molar-refractivity contribution in [1.29, 1.82) is 0 Å². The average molecular weight is 562 g/mol. The zero-order valence-electron chi connectivity index (χ0n) is 17.4. The molecule has 0 fully saturated rings. The smallest absolute Gasteiger partial charge is 0.261 e. The molecule has 1 N–H and O–H groups in total. The Hall–Kier alpha value is -3.23. The monoisotopic (exact) mass is 562 g/mol. The van der Waals surface area contributed by atoms with Gasteiger partial charge in [0, 0.05) is 21.0 Å². The third-order valence-electron chi connectivity index (χ3n) is 5.40. The molecule has 5 aromatic carbocycles. The van der Waals surface area contributed by atoms with E-state index in [1.54, 1.807) is 36.4 Å². The number of hydrogen-bond donors (Lipinski definition) is 1. The van der Waals surface area contributed by atoms with E-state index in [2.05, 4.69) is 62.6 Å². The van der Waals surface area contributed by atoms with E-state index in [1.807, 2.05) is 42.6 Å². The van der Waals surface area contributed by atoms with Gasteiger partial charge in [0.05, 0.1) is 10.6 Å². The summed E-state index contributed by atoms with van der Waals surface area (Å²) < 4.78 is 29.1. The molecule has 0 radical (unpaired) electrons. The fourth-order valence-electron chi connectivity index (χ4n) is 3.77. The lowest BCUT2D eigenvalue weighted by atomic mass is 9.97. The number of nitrogens with zero attached hydrogens (tertiary/aromatic N) is 1. The van der Waals surface area contributed by atoms with Crippen molar-refractivity contribution < 1.29 is 8.42 Å². The minimum Gasteiger partial charge on any atom is -0.280 e. The lowest BCUT2D eigenvalue weighted by Gasteiger charge is -2.09. The number of rotatable bonds is 5. The van der Waals surface area contributed by atoms with Crippen molar-refractivity contribution in [3.63, 3.8) is 0 Å². The minimum absolute atomic E-state index is 0.190. The third-order valence-corrected chi connectivity index (χ3v) is 7.52. The number of benzene rings is 5. The van der Waals surface area contributed by atoms with Crippen molar-refractivity contribution in [2.24, 2.45) is 4.99 Å². The van der Waals surface area contributed by atoms with Crippen LogP contribution in [-0.4, -0.2) is 14.6 Å². The first-order valence-corrected chi connectivity index (χ1v) is 12.9. The Morgan fingerprint density at radius 2 is 1.30 bits per heavy atom. The molecule has 0 aliphatic heterocycles.